The van der Waals surface area contributed by atoms with E-state index in [1.54, 1.807) is 20.8 Å². The van der Waals surface area contributed by atoms with Gasteiger partial charge in [0.25, 0.3) is 0 Å². The fourth-order valence-corrected chi connectivity index (χ4v) is 1.92. The molecule has 0 aliphatic rings. The third-order valence-corrected chi connectivity index (χ3v) is 3.36. The van der Waals surface area contributed by atoms with Gasteiger partial charge >= 0.3 is 12.1 Å². The highest BCUT2D eigenvalue weighted by atomic mass is 16.6. The molecule has 0 aromatic heterocycles. The fourth-order valence-electron chi connectivity index (χ4n) is 1.92. The van der Waals surface area contributed by atoms with E-state index in [0.717, 1.165) is 12.0 Å². The van der Waals surface area contributed by atoms with Crippen molar-refractivity contribution in [3.63, 3.8) is 0 Å². The molecule has 1 aromatic carbocycles. The molecular formula is C18H27NO4. The fraction of sp³-hybridized carbons (Fsp3) is 0.556. The molecule has 5 heteroatoms. The van der Waals surface area contributed by atoms with Crippen molar-refractivity contribution in [2.75, 3.05) is 0 Å². The number of nitrogens with one attached hydrogen (secondary N) is 1. The Balaban J connectivity index is 2.65. The van der Waals surface area contributed by atoms with Gasteiger partial charge in [-0.2, -0.15) is 0 Å². The van der Waals surface area contributed by atoms with Gasteiger partial charge in [0.15, 0.2) is 0 Å². The second-order valence-electron chi connectivity index (χ2n) is 6.60. The number of hydrogen-bond acceptors (Lipinski definition) is 4. The van der Waals surface area contributed by atoms with Gasteiger partial charge in [-0.15, -0.1) is 0 Å². The number of esters is 1. The monoisotopic (exact) mass is 321 g/mol. The third kappa shape index (κ3) is 7.17. The van der Waals surface area contributed by atoms with Crippen LogP contribution in [0.25, 0.3) is 0 Å². The number of alkyl carbamates (subject to hydrolysis) is 1. The molecule has 0 heterocycles. The lowest BCUT2D eigenvalue weighted by atomic mass is 9.99. The first-order valence-corrected chi connectivity index (χ1v) is 7.93. The normalized spacial score (nSPS) is 13.8. The van der Waals surface area contributed by atoms with Crippen molar-refractivity contribution < 1.29 is 19.1 Å². The van der Waals surface area contributed by atoms with Gasteiger partial charge in [-0.25, -0.2) is 9.59 Å². The zero-order valence-electron chi connectivity index (χ0n) is 14.6. The molecule has 0 aliphatic heterocycles. The second-order valence-corrected chi connectivity index (χ2v) is 6.60. The highest BCUT2D eigenvalue weighted by molar-refractivity contribution is 5.81. The van der Waals surface area contributed by atoms with E-state index in [-0.39, 0.29) is 12.5 Å². The molecule has 1 aromatic rings. The molecule has 0 spiro atoms. The Morgan fingerprint density at radius 3 is 2.30 bits per heavy atom. The maximum Gasteiger partial charge on any atom is 0.408 e. The van der Waals surface area contributed by atoms with E-state index >= 15 is 0 Å². The van der Waals surface area contributed by atoms with E-state index in [1.807, 2.05) is 44.2 Å². The lowest BCUT2D eigenvalue weighted by Gasteiger charge is -2.25. The van der Waals surface area contributed by atoms with Gasteiger partial charge in [0.05, 0.1) is 0 Å². The molecule has 0 saturated heterocycles. The van der Waals surface area contributed by atoms with Crippen molar-refractivity contribution >= 4 is 12.1 Å². The van der Waals surface area contributed by atoms with E-state index in [4.69, 9.17) is 9.47 Å². The molecule has 0 radical (unpaired) electrons. The van der Waals surface area contributed by atoms with Crippen LogP contribution in [0, 0.1) is 5.92 Å². The van der Waals surface area contributed by atoms with Crippen LogP contribution in [0.15, 0.2) is 30.3 Å². The number of ether oxygens (including phenoxy) is 2. The van der Waals surface area contributed by atoms with Crippen LogP contribution in [0.4, 0.5) is 4.79 Å². The predicted molar refractivity (Wildman–Crippen MR) is 88.9 cm³/mol. The van der Waals surface area contributed by atoms with Crippen LogP contribution < -0.4 is 5.32 Å². The number of carbonyl (C=O) groups is 2. The van der Waals surface area contributed by atoms with Gasteiger partial charge in [0.1, 0.15) is 18.2 Å². The standard InChI is InChI=1S/C18H27NO4/c1-6-13(2)15(19-17(21)23-18(3,4)5)16(20)22-12-14-10-8-7-9-11-14/h7-11,13,15H,6,12H2,1-5H3,(H,19,21)/t13-,15-/m0/s1. The largest absolute Gasteiger partial charge is 0.459 e. The number of rotatable bonds is 6. The molecule has 0 unspecified atom stereocenters. The van der Waals surface area contributed by atoms with Crippen molar-refractivity contribution in [2.24, 2.45) is 5.92 Å². The highest BCUT2D eigenvalue weighted by Gasteiger charge is 2.29. The van der Waals surface area contributed by atoms with Gasteiger partial charge < -0.3 is 14.8 Å². The first-order chi connectivity index (χ1) is 10.7. The smallest absolute Gasteiger partial charge is 0.408 e. The van der Waals surface area contributed by atoms with Crippen LogP contribution in [0.3, 0.4) is 0 Å². The first-order valence-electron chi connectivity index (χ1n) is 7.93. The van der Waals surface area contributed by atoms with Gasteiger partial charge in [-0.3, -0.25) is 0 Å². The van der Waals surface area contributed by atoms with Crippen molar-refractivity contribution in [1.29, 1.82) is 0 Å². The Morgan fingerprint density at radius 2 is 1.78 bits per heavy atom. The molecule has 128 valence electrons. The van der Waals surface area contributed by atoms with Crippen LogP contribution >= 0.6 is 0 Å². The van der Waals surface area contributed by atoms with E-state index < -0.39 is 23.7 Å². The van der Waals surface area contributed by atoms with Crippen LogP contribution in [0.2, 0.25) is 0 Å². The molecule has 1 amide bonds. The summed E-state index contributed by atoms with van der Waals surface area (Å²) in [5.41, 5.74) is 0.291. The summed E-state index contributed by atoms with van der Waals surface area (Å²) in [5.74, 6) is -0.500. The minimum atomic E-state index is -0.724. The van der Waals surface area contributed by atoms with E-state index in [1.165, 1.54) is 0 Å². The summed E-state index contributed by atoms with van der Waals surface area (Å²) in [6.45, 7) is 9.36. The summed E-state index contributed by atoms with van der Waals surface area (Å²) in [5, 5.41) is 2.62. The average molecular weight is 321 g/mol. The molecule has 1 rings (SSSR count). The lowest BCUT2D eigenvalue weighted by molar-refractivity contribution is -0.149. The first kappa shape index (κ1) is 19.0. The van der Waals surface area contributed by atoms with E-state index in [0.29, 0.717) is 0 Å². The van der Waals surface area contributed by atoms with Crippen molar-refractivity contribution in [2.45, 2.75) is 59.3 Å². The summed E-state index contributed by atoms with van der Waals surface area (Å²) < 4.78 is 10.6. The summed E-state index contributed by atoms with van der Waals surface area (Å²) in [6.07, 6.45) is 0.125. The summed E-state index contributed by atoms with van der Waals surface area (Å²) in [6, 6.07) is 8.71. The molecule has 0 saturated carbocycles. The average Bonchev–Trinajstić information content (AvgIpc) is 2.49. The van der Waals surface area contributed by atoms with Crippen molar-refractivity contribution in [1.82, 2.24) is 5.32 Å². The molecule has 1 N–H and O–H groups in total. The second kappa shape index (κ2) is 8.56. The minimum Gasteiger partial charge on any atom is -0.459 e. The summed E-state index contributed by atoms with van der Waals surface area (Å²) >= 11 is 0. The van der Waals surface area contributed by atoms with E-state index in [9.17, 15) is 9.59 Å². The molecule has 0 aliphatic carbocycles. The summed E-state index contributed by atoms with van der Waals surface area (Å²) in [4.78, 5) is 24.3. The zero-order chi connectivity index (χ0) is 17.5. The number of amides is 1. The lowest BCUT2D eigenvalue weighted by Crippen LogP contribution is -2.47. The Bertz CT molecular complexity index is 508. The Hall–Kier alpha value is -2.04. The molecular weight excluding hydrogens is 294 g/mol. The number of carbonyl (C=O) groups excluding carboxylic acids is 2. The van der Waals surface area contributed by atoms with Gasteiger partial charge in [0.2, 0.25) is 0 Å². The van der Waals surface area contributed by atoms with Crippen molar-refractivity contribution in [3.8, 4) is 0 Å². The molecule has 5 nitrogen and oxygen atoms in total. The van der Waals surface area contributed by atoms with Gasteiger partial charge in [-0.1, -0.05) is 50.6 Å². The Morgan fingerprint density at radius 1 is 1.17 bits per heavy atom. The minimum absolute atomic E-state index is 0.0502. The predicted octanol–water partition coefficient (Wildman–Crippen LogP) is 3.67. The topological polar surface area (TPSA) is 64.6 Å². The summed E-state index contributed by atoms with van der Waals surface area (Å²) in [7, 11) is 0. The maximum atomic E-state index is 12.3. The van der Waals surface area contributed by atoms with E-state index in [2.05, 4.69) is 5.32 Å². The van der Waals surface area contributed by atoms with Crippen molar-refractivity contribution in [3.05, 3.63) is 35.9 Å². The Kier molecular flexibility index (Phi) is 7.07. The van der Waals surface area contributed by atoms with Gasteiger partial charge in [0, 0.05) is 0 Å². The van der Waals surface area contributed by atoms with Crippen LogP contribution in [0.1, 0.15) is 46.6 Å². The third-order valence-electron chi connectivity index (χ3n) is 3.36. The van der Waals surface area contributed by atoms with Crippen LogP contribution in [-0.4, -0.2) is 23.7 Å². The molecule has 23 heavy (non-hydrogen) atoms. The number of hydrogen-bond donors (Lipinski definition) is 1. The van der Waals surface area contributed by atoms with Gasteiger partial charge in [-0.05, 0) is 32.3 Å². The zero-order valence-corrected chi connectivity index (χ0v) is 14.6. The molecule has 0 bridgehead atoms. The van der Waals surface area contributed by atoms with Crippen LogP contribution in [0.5, 0.6) is 0 Å². The Labute approximate surface area is 138 Å². The maximum absolute atomic E-state index is 12.3. The quantitative estimate of drug-likeness (QED) is 0.812. The van der Waals surface area contributed by atoms with Crippen LogP contribution in [-0.2, 0) is 20.9 Å². The SMILES string of the molecule is CC[C@H](C)[C@H](NC(=O)OC(C)(C)C)C(=O)OCc1ccccc1. The number of benzene rings is 1. The molecule has 0 fully saturated rings. The molecule has 2 atom stereocenters. The highest BCUT2D eigenvalue weighted by Crippen LogP contribution is 2.13.